The van der Waals surface area contributed by atoms with Crippen LogP contribution in [-0.4, -0.2) is 31.3 Å². The Morgan fingerprint density at radius 3 is 2.56 bits per heavy atom. The number of rotatable bonds is 9. The van der Waals surface area contributed by atoms with Crippen LogP contribution in [0.5, 0.6) is 0 Å². The first-order valence-electron chi connectivity index (χ1n) is 6.73. The largest absolute Gasteiger partial charge is 0.384 e. The van der Waals surface area contributed by atoms with Crippen LogP contribution in [0.25, 0.3) is 0 Å². The number of nitrogens with one attached hydrogen (secondary N) is 2. The van der Waals surface area contributed by atoms with Crippen molar-refractivity contribution in [1.29, 1.82) is 0 Å². The molecule has 0 aliphatic rings. The van der Waals surface area contributed by atoms with E-state index in [-0.39, 0.29) is 0 Å². The fourth-order valence-electron chi connectivity index (χ4n) is 1.53. The van der Waals surface area contributed by atoms with Crippen molar-refractivity contribution >= 4 is 11.4 Å². The zero-order chi connectivity index (χ0) is 13.2. The topological polar surface area (TPSA) is 46.2 Å². The van der Waals surface area contributed by atoms with Gasteiger partial charge in [0.25, 0.3) is 0 Å². The van der Waals surface area contributed by atoms with E-state index in [0.29, 0.717) is 5.92 Å². The lowest BCUT2D eigenvalue weighted by atomic mass is 10.1. The van der Waals surface area contributed by atoms with Gasteiger partial charge in [-0.05, 0) is 25.3 Å². The van der Waals surface area contributed by atoms with E-state index in [9.17, 15) is 0 Å². The predicted molar refractivity (Wildman–Crippen MR) is 77.2 cm³/mol. The minimum absolute atomic E-state index is 0.707. The first-order chi connectivity index (χ1) is 8.72. The third-order valence-electron chi connectivity index (χ3n) is 2.53. The van der Waals surface area contributed by atoms with E-state index < -0.39 is 0 Å². The molecule has 0 saturated carbocycles. The highest BCUT2D eigenvalue weighted by Gasteiger charge is 1.96. The zero-order valence-corrected chi connectivity index (χ0v) is 11.7. The van der Waals surface area contributed by atoms with Crippen LogP contribution in [0.1, 0.15) is 27.2 Å². The van der Waals surface area contributed by atoms with Crippen molar-refractivity contribution in [3.8, 4) is 0 Å². The van der Waals surface area contributed by atoms with Crippen molar-refractivity contribution in [2.75, 3.05) is 36.9 Å². The number of hydrogen-bond donors (Lipinski definition) is 2. The maximum atomic E-state index is 5.55. The maximum absolute atomic E-state index is 5.55. The van der Waals surface area contributed by atoms with Crippen molar-refractivity contribution in [3.05, 3.63) is 18.5 Å². The molecule has 0 aromatic carbocycles. The van der Waals surface area contributed by atoms with Gasteiger partial charge in [-0.2, -0.15) is 0 Å². The normalized spacial score (nSPS) is 10.7. The quantitative estimate of drug-likeness (QED) is 0.662. The molecule has 0 atom stereocenters. The average molecular weight is 251 g/mol. The molecule has 1 aromatic heterocycles. The van der Waals surface area contributed by atoms with Crippen LogP contribution in [0.3, 0.4) is 0 Å². The molecule has 0 aliphatic heterocycles. The monoisotopic (exact) mass is 251 g/mol. The summed E-state index contributed by atoms with van der Waals surface area (Å²) in [6.45, 7) is 9.79. The summed E-state index contributed by atoms with van der Waals surface area (Å²) in [6, 6.07) is 2.06. The summed E-state index contributed by atoms with van der Waals surface area (Å²) in [5, 5.41) is 6.54. The lowest BCUT2D eigenvalue weighted by molar-refractivity contribution is 0.132. The first kappa shape index (κ1) is 14.8. The molecule has 1 aromatic rings. The lowest BCUT2D eigenvalue weighted by Crippen LogP contribution is -2.11. The van der Waals surface area contributed by atoms with Gasteiger partial charge in [-0.25, -0.2) is 0 Å². The molecule has 2 N–H and O–H groups in total. The Bertz CT molecular complexity index is 329. The standard InChI is InChI=1S/C14H25N3O/c1-4-16-13-9-14(11-15-10-13)17-6-8-18-7-5-12(2)3/h9-12,16-17H,4-8H2,1-3H3. The number of ether oxygens (including phenoxy) is 1. The summed E-state index contributed by atoms with van der Waals surface area (Å²) < 4.78 is 5.55. The Kier molecular flexibility index (Phi) is 7.18. The Morgan fingerprint density at radius 2 is 1.89 bits per heavy atom. The Labute approximate surface area is 110 Å². The second kappa shape index (κ2) is 8.75. The zero-order valence-electron chi connectivity index (χ0n) is 11.7. The Hall–Kier alpha value is -1.29. The number of pyridine rings is 1. The van der Waals surface area contributed by atoms with Gasteiger partial charge in [0.2, 0.25) is 0 Å². The second-order valence-corrected chi connectivity index (χ2v) is 4.71. The molecule has 0 saturated heterocycles. The van der Waals surface area contributed by atoms with E-state index in [1.165, 1.54) is 0 Å². The van der Waals surface area contributed by atoms with Crippen molar-refractivity contribution in [1.82, 2.24) is 4.98 Å². The fourth-order valence-corrected chi connectivity index (χ4v) is 1.53. The molecule has 0 unspecified atom stereocenters. The molecule has 1 rings (SSSR count). The van der Waals surface area contributed by atoms with E-state index in [0.717, 1.165) is 44.1 Å². The van der Waals surface area contributed by atoms with Crippen LogP contribution in [0.15, 0.2) is 18.5 Å². The molecule has 4 heteroatoms. The third-order valence-corrected chi connectivity index (χ3v) is 2.53. The smallest absolute Gasteiger partial charge is 0.0639 e. The van der Waals surface area contributed by atoms with Crippen LogP contribution in [0.4, 0.5) is 11.4 Å². The minimum atomic E-state index is 0.707. The van der Waals surface area contributed by atoms with Gasteiger partial charge in [-0.3, -0.25) is 4.98 Å². The van der Waals surface area contributed by atoms with E-state index >= 15 is 0 Å². The molecule has 0 aliphatic carbocycles. The van der Waals surface area contributed by atoms with Gasteiger partial charge in [-0.1, -0.05) is 13.8 Å². The number of anilines is 2. The summed E-state index contributed by atoms with van der Waals surface area (Å²) in [5.74, 6) is 0.707. The molecule has 1 heterocycles. The van der Waals surface area contributed by atoms with Crippen molar-refractivity contribution < 1.29 is 4.74 Å². The lowest BCUT2D eigenvalue weighted by Gasteiger charge is -2.09. The summed E-state index contributed by atoms with van der Waals surface area (Å²) >= 11 is 0. The summed E-state index contributed by atoms with van der Waals surface area (Å²) in [4.78, 5) is 4.18. The van der Waals surface area contributed by atoms with Gasteiger partial charge in [0.1, 0.15) is 0 Å². The highest BCUT2D eigenvalue weighted by Crippen LogP contribution is 2.12. The van der Waals surface area contributed by atoms with Gasteiger partial charge in [0.15, 0.2) is 0 Å². The van der Waals surface area contributed by atoms with E-state index in [1.54, 1.807) is 0 Å². The van der Waals surface area contributed by atoms with E-state index in [1.807, 2.05) is 12.4 Å². The molecular formula is C14H25N3O. The molecule has 102 valence electrons. The van der Waals surface area contributed by atoms with Gasteiger partial charge >= 0.3 is 0 Å². The fraction of sp³-hybridized carbons (Fsp3) is 0.643. The highest BCUT2D eigenvalue weighted by atomic mass is 16.5. The second-order valence-electron chi connectivity index (χ2n) is 4.71. The van der Waals surface area contributed by atoms with Crippen molar-refractivity contribution in [2.45, 2.75) is 27.2 Å². The van der Waals surface area contributed by atoms with E-state index in [4.69, 9.17) is 4.74 Å². The van der Waals surface area contributed by atoms with Gasteiger partial charge < -0.3 is 15.4 Å². The Morgan fingerprint density at radius 1 is 1.17 bits per heavy atom. The van der Waals surface area contributed by atoms with Crippen molar-refractivity contribution in [2.24, 2.45) is 5.92 Å². The first-order valence-corrected chi connectivity index (χ1v) is 6.73. The molecule has 18 heavy (non-hydrogen) atoms. The van der Waals surface area contributed by atoms with Crippen LogP contribution >= 0.6 is 0 Å². The summed E-state index contributed by atoms with van der Waals surface area (Å²) in [5.41, 5.74) is 2.07. The molecule has 0 bridgehead atoms. The summed E-state index contributed by atoms with van der Waals surface area (Å²) in [7, 11) is 0. The SMILES string of the molecule is CCNc1cncc(NCCOCCC(C)C)c1. The maximum Gasteiger partial charge on any atom is 0.0639 e. The molecule has 0 amide bonds. The summed E-state index contributed by atoms with van der Waals surface area (Å²) in [6.07, 6.45) is 4.78. The number of nitrogens with zero attached hydrogens (tertiary/aromatic N) is 1. The molecular weight excluding hydrogens is 226 g/mol. The molecule has 4 nitrogen and oxygen atoms in total. The van der Waals surface area contributed by atoms with Crippen LogP contribution in [0, 0.1) is 5.92 Å². The van der Waals surface area contributed by atoms with Crippen LogP contribution in [0.2, 0.25) is 0 Å². The van der Waals surface area contributed by atoms with Gasteiger partial charge in [-0.15, -0.1) is 0 Å². The number of hydrogen-bond acceptors (Lipinski definition) is 4. The average Bonchev–Trinajstić information content (AvgIpc) is 2.34. The van der Waals surface area contributed by atoms with Crippen LogP contribution < -0.4 is 10.6 Å². The van der Waals surface area contributed by atoms with E-state index in [2.05, 4.69) is 42.5 Å². The number of aromatic nitrogens is 1. The molecule has 0 radical (unpaired) electrons. The predicted octanol–water partition coefficient (Wildman–Crippen LogP) is 2.99. The molecule has 0 fully saturated rings. The van der Waals surface area contributed by atoms with Crippen LogP contribution in [-0.2, 0) is 4.74 Å². The van der Waals surface area contributed by atoms with Gasteiger partial charge in [0, 0.05) is 19.7 Å². The molecule has 0 spiro atoms. The Balaban J connectivity index is 2.16. The third kappa shape index (κ3) is 6.45. The van der Waals surface area contributed by atoms with Crippen molar-refractivity contribution in [3.63, 3.8) is 0 Å². The highest BCUT2D eigenvalue weighted by molar-refractivity contribution is 5.53. The van der Waals surface area contributed by atoms with Gasteiger partial charge in [0.05, 0.1) is 30.4 Å². The minimum Gasteiger partial charge on any atom is -0.384 e.